The largest absolute Gasteiger partial charge is 0.458 e. The van der Waals surface area contributed by atoms with Crippen LogP contribution in [0, 0.1) is 23.6 Å². The van der Waals surface area contributed by atoms with E-state index >= 15 is 4.39 Å². The summed E-state index contributed by atoms with van der Waals surface area (Å²) in [5.74, 6) is 2.00. The highest BCUT2D eigenvalue weighted by Crippen LogP contribution is 2.40. The SMILES string of the molecule is CCCC1CCC(c2ccc3c(c2F)C(=O)OC(CCC2CCC(CC)CC2)C3)CC1. The van der Waals surface area contributed by atoms with Crippen LogP contribution in [0.3, 0.4) is 0 Å². The molecule has 0 amide bonds. The van der Waals surface area contributed by atoms with Crippen LogP contribution in [0.5, 0.6) is 0 Å². The van der Waals surface area contributed by atoms with Crippen LogP contribution in [0.25, 0.3) is 0 Å². The van der Waals surface area contributed by atoms with E-state index in [-0.39, 0.29) is 23.4 Å². The lowest BCUT2D eigenvalue weighted by Crippen LogP contribution is -2.30. The molecule has 0 saturated heterocycles. The molecule has 1 aromatic rings. The molecule has 2 aliphatic carbocycles. The van der Waals surface area contributed by atoms with Crippen LogP contribution in [-0.2, 0) is 11.2 Å². The summed E-state index contributed by atoms with van der Waals surface area (Å²) < 4.78 is 21.1. The van der Waals surface area contributed by atoms with E-state index in [1.54, 1.807) is 0 Å². The molecule has 0 bridgehead atoms. The molecule has 1 aliphatic heterocycles. The Morgan fingerprint density at radius 3 is 2.19 bits per heavy atom. The van der Waals surface area contributed by atoms with Gasteiger partial charge in [0.1, 0.15) is 11.9 Å². The fraction of sp³-hybridized carbons (Fsp3) is 0.750. The summed E-state index contributed by atoms with van der Waals surface area (Å²) in [5, 5.41) is 0. The second-order valence-electron chi connectivity index (χ2n) is 10.6. The molecule has 0 N–H and O–H groups in total. The Balaban J connectivity index is 1.36. The van der Waals surface area contributed by atoms with Crippen LogP contribution < -0.4 is 0 Å². The maximum atomic E-state index is 15.4. The number of hydrogen-bond acceptors (Lipinski definition) is 2. The summed E-state index contributed by atoms with van der Waals surface area (Å²) in [4.78, 5) is 12.8. The first-order valence-electron chi connectivity index (χ1n) is 13.1. The van der Waals surface area contributed by atoms with Crippen molar-refractivity contribution < 1.29 is 13.9 Å². The zero-order valence-electron chi connectivity index (χ0n) is 19.6. The number of cyclic esters (lactones) is 1. The summed E-state index contributed by atoms with van der Waals surface area (Å²) >= 11 is 0. The zero-order valence-corrected chi connectivity index (χ0v) is 19.6. The molecule has 1 atom stereocenters. The number of carbonyl (C=O) groups is 1. The average Bonchev–Trinajstić information content (AvgIpc) is 2.79. The van der Waals surface area contributed by atoms with Crippen molar-refractivity contribution in [2.24, 2.45) is 17.8 Å². The maximum Gasteiger partial charge on any atom is 0.341 e. The summed E-state index contributed by atoms with van der Waals surface area (Å²) in [6.45, 7) is 4.54. The van der Waals surface area contributed by atoms with Crippen molar-refractivity contribution in [1.29, 1.82) is 0 Å². The Morgan fingerprint density at radius 1 is 0.871 bits per heavy atom. The third-order valence-electron chi connectivity index (χ3n) is 8.61. The van der Waals surface area contributed by atoms with Crippen molar-refractivity contribution in [3.05, 3.63) is 34.6 Å². The van der Waals surface area contributed by atoms with Gasteiger partial charge in [-0.2, -0.15) is 0 Å². The van der Waals surface area contributed by atoms with E-state index in [1.807, 2.05) is 12.1 Å². The van der Waals surface area contributed by atoms with E-state index in [0.717, 1.165) is 54.6 Å². The molecule has 2 nitrogen and oxygen atoms in total. The van der Waals surface area contributed by atoms with E-state index in [9.17, 15) is 4.79 Å². The second-order valence-corrected chi connectivity index (χ2v) is 10.6. The molecule has 4 rings (SSSR count). The zero-order chi connectivity index (χ0) is 21.8. The second kappa shape index (κ2) is 10.5. The van der Waals surface area contributed by atoms with Crippen LogP contribution in [-0.4, -0.2) is 12.1 Å². The van der Waals surface area contributed by atoms with Crippen molar-refractivity contribution in [1.82, 2.24) is 0 Å². The number of esters is 1. The molecular formula is C28H41FO2. The van der Waals surface area contributed by atoms with Gasteiger partial charge in [0.25, 0.3) is 0 Å². The van der Waals surface area contributed by atoms with Crippen molar-refractivity contribution >= 4 is 5.97 Å². The molecule has 1 unspecified atom stereocenters. The normalized spacial score (nSPS) is 31.2. The minimum absolute atomic E-state index is 0.0846. The van der Waals surface area contributed by atoms with Crippen LogP contribution in [0.2, 0.25) is 0 Å². The lowest BCUT2D eigenvalue weighted by Gasteiger charge is -2.32. The number of fused-ring (bicyclic) bond motifs is 1. The smallest absolute Gasteiger partial charge is 0.341 e. The van der Waals surface area contributed by atoms with Gasteiger partial charge in [-0.05, 0) is 73.3 Å². The van der Waals surface area contributed by atoms with Gasteiger partial charge in [0, 0.05) is 6.42 Å². The average molecular weight is 429 g/mol. The molecule has 0 aromatic heterocycles. The van der Waals surface area contributed by atoms with Gasteiger partial charge < -0.3 is 4.74 Å². The Morgan fingerprint density at radius 2 is 1.52 bits per heavy atom. The third kappa shape index (κ3) is 5.34. The van der Waals surface area contributed by atoms with Gasteiger partial charge in [-0.15, -0.1) is 0 Å². The van der Waals surface area contributed by atoms with E-state index in [0.29, 0.717) is 6.42 Å². The Labute approximate surface area is 188 Å². The maximum absolute atomic E-state index is 15.4. The fourth-order valence-corrected chi connectivity index (χ4v) is 6.52. The van der Waals surface area contributed by atoms with Crippen molar-refractivity contribution in [3.63, 3.8) is 0 Å². The first-order chi connectivity index (χ1) is 15.1. The molecule has 31 heavy (non-hydrogen) atoms. The molecular weight excluding hydrogens is 387 g/mol. The van der Waals surface area contributed by atoms with Gasteiger partial charge >= 0.3 is 5.97 Å². The summed E-state index contributed by atoms with van der Waals surface area (Å²) in [6.07, 6.45) is 16.2. The molecule has 2 saturated carbocycles. The fourth-order valence-electron chi connectivity index (χ4n) is 6.52. The standard InChI is InChI=1S/C28H41FO2/c1-3-5-20-10-13-22(14-11-20)25-17-15-23-18-24(31-28(30)26(23)27(25)29)16-12-21-8-6-19(4-2)7-9-21/h15,17,19-22,24H,3-14,16,18H2,1-2H3. The molecule has 0 spiro atoms. The number of halogens is 1. The Bertz CT molecular complexity index is 742. The number of benzene rings is 1. The van der Waals surface area contributed by atoms with Crippen molar-refractivity contribution in [3.8, 4) is 0 Å². The van der Waals surface area contributed by atoms with Gasteiger partial charge in [0.2, 0.25) is 0 Å². The van der Waals surface area contributed by atoms with E-state index in [4.69, 9.17) is 4.74 Å². The summed E-state index contributed by atoms with van der Waals surface area (Å²) in [5.41, 5.74) is 1.83. The molecule has 172 valence electrons. The van der Waals surface area contributed by atoms with Crippen molar-refractivity contribution in [2.75, 3.05) is 0 Å². The molecule has 0 radical (unpaired) electrons. The Kier molecular flexibility index (Phi) is 7.72. The lowest BCUT2D eigenvalue weighted by molar-refractivity contribution is 0.0208. The molecule has 3 aliphatic rings. The van der Waals surface area contributed by atoms with Crippen LogP contribution in [0.15, 0.2) is 12.1 Å². The van der Waals surface area contributed by atoms with E-state index in [2.05, 4.69) is 13.8 Å². The van der Waals surface area contributed by atoms with Crippen LogP contribution in [0.4, 0.5) is 4.39 Å². The van der Waals surface area contributed by atoms with Gasteiger partial charge in [0.05, 0.1) is 5.56 Å². The molecule has 1 aromatic carbocycles. The summed E-state index contributed by atoms with van der Waals surface area (Å²) in [6, 6.07) is 3.99. The Hall–Kier alpha value is -1.38. The lowest BCUT2D eigenvalue weighted by atomic mass is 9.76. The number of hydrogen-bond donors (Lipinski definition) is 0. The van der Waals surface area contributed by atoms with Gasteiger partial charge in [-0.25, -0.2) is 9.18 Å². The monoisotopic (exact) mass is 428 g/mol. The first-order valence-corrected chi connectivity index (χ1v) is 13.1. The third-order valence-corrected chi connectivity index (χ3v) is 8.61. The molecule has 3 heteroatoms. The number of rotatable bonds is 7. The molecule has 1 heterocycles. The van der Waals surface area contributed by atoms with E-state index in [1.165, 1.54) is 57.8 Å². The van der Waals surface area contributed by atoms with Crippen LogP contribution >= 0.6 is 0 Å². The summed E-state index contributed by atoms with van der Waals surface area (Å²) in [7, 11) is 0. The quantitative estimate of drug-likeness (QED) is 0.411. The minimum atomic E-state index is -0.431. The van der Waals surface area contributed by atoms with Crippen molar-refractivity contribution in [2.45, 2.75) is 116 Å². The topological polar surface area (TPSA) is 26.3 Å². The van der Waals surface area contributed by atoms with E-state index < -0.39 is 5.97 Å². The van der Waals surface area contributed by atoms with Gasteiger partial charge in [0.15, 0.2) is 0 Å². The highest BCUT2D eigenvalue weighted by molar-refractivity contribution is 5.92. The highest BCUT2D eigenvalue weighted by Gasteiger charge is 2.33. The van der Waals surface area contributed by atoms with Gasteiger partial charge in [-0.3, -0.25) is 0 Å². The minimum Gasteiger partial charge on any atom is -0.458 e. The number of carbonyl (C=O) groups excluding carboxylic acids is 1. The predicted octanol–water partition coefficient (Wildman–Crippen LogP) is 7.98. The molecule has 2 fully saturated rings. The van der Waals surface area contributed by atoms with Crippen LogP contribution in [0.1, 0.15) is 125 Å². The predicted molar refractivity (Wildman–Crippen MR) is 124 cm³/mol. The number of ether oxygens (including phenoxy) is 1. The van der Waals surface area contributed by atoms with Gasteiger partial charge in [-0.1, -0.05) is 70.9 Å². The highest BCUT2D eigenvalue weighted by atomic mass is 19.1. The first kappa shape index (κ1) is 22.8.